The largest absolute Gasteiger partial charge is 0.481 e. The maximum atomic E-state index is 13.1. The van der Waals surface area contributed by atoms with Crippen molar-refractivity contribution < 1.29 is 18.7 Å². The Morgan fingerprint density at radius 2 is 1.63 bits per heavy atom. The summed E-state index contributed by atoms with van der Waals surface area (Å²) in [6, 6.07) is 0.479. The molecule has 2 rings (SSSR count). The van der Waals surface area contributed by atoms with Crippen molar-refractivity contribution in [1.82, 2.24) is 4.90 Å². The summed E-state index contributed by atoms with van der Waals surface area (Å²) in [6.07, 6.45) is 4.61. The molecule has 1 aliphatic carbocycles. The number of aliphatic carboxylic acids is 1. The van der Waals surface area contributed by atoms with Crippen LogP contribution in [0.4, 0.5) is 8.78 Å². The van der Waals surface area contributed by atoms with Crippen molar-refractivity contribution in [1.29, 1.82) is 0 Å². The van der Waals surface area contributed by atoms with E-state index in [0.717, 1.165) is 12.8 Å². The molecule has 0 radical (unpaired) electrons. The molecule has 0 unspecified atom stereocenters. The number of carboxylic acids is 1. The van der Waals surface area contributed by atoms with Crippen LogP contribution in [0.25, 0.3) is 0 Å². The number of hydrogen-bond acceptors (Lipinski definition) is 2. The van der Waals surface area contributed by atoms with Crippen LogP contribution in [0.1, 0.15) is 51.4 Å². The number of likely N-dealkylation sites (tertiary alicyclic amines) is 1. The van der Waals surface area contributed by atoms with E-state index < -0.39 is 17.8 Å². The molecule has 110 valence electrons. The van der Waals surface area contributed by atoms with Crippen LogP contribution in [0.5, 0.6) is 0 Å². The number of piperidine rings is 1. The fourth-order valence-corrected chi connectivity index (χ4v) is 3.44. The molecule has 0 bridgehead atoms. The van der Waals surface area contributed by atoms with Crippen molar-refractivity contribution >= 4 is 5.97 Å². The van der Waals surface area contributed by atoms with E-state index in [1.807, 2.05) is 0 Å². The van der Waals surface area contributed by atoms with Gasteiger partial charge in [0.2, 0.25) is 0 Å². The smallest absolute Gasteiger partial charge is 0.315 e. The van der Waals surface area contributed by atoms with Crippen molar-refractivity contribution in [2.45, 2.75) is 63.8 Å². The van der Waals surface area contributed by atoms with Gasteiger partial charge in [-0.2, -0.15) is 0 Å². The van der Waals surface area contributed by atoms with E-state index in [9.17, 15) is 13.6 Å². The van der Waals surface area contributed by atoms with E-state index in [2.05, 4.69) is 4.90 Å². The summed E-state index contributed by atoms with van der Waals surface area (Å²) in [4.78, 5) is 13.4. The van der Waals surface area contributed by atoms with Crippen molar-refractivity contribution in [2.75, 3.05) is 13.1 Å². The van der Waals surface area contributed by atoms with Gasteiger partial charge in [-0.15, -0.1) is 0 Å². The number of nitrogens with zero attached hydrogens (tertiary/aromatic N) is 1. The lowest BCUT2D eigenvalue weighted by Crippen LogP contribution is -2.51. The Morgan fingerprint density at radius 3 is 2.05 bits per heavy atom. The Labute approximate surface area is 113 Å². The van der Waals surface area contributed by atoms with Crippen LogP contribution in [0.2, 0.25) is 0 Å². The Balaban J connectivity index is 1.95. The Bertz CT molecular complexity index is 307. The molecule has 1 heterocycles. The van der Waals surface area contributed by atoms with Crippen LogP contribution in [-0.4, -0.2) is 41.5 Å². The van der Waals surface area contributed by atoms with E-state index in [-0.39, 0.29) is 12.8 Å². The van der Waals surface area contributed by atoms with Crippen molar-refractivity contribution in [3.8, 4) is 0 Å². The molecule has 1 saturated heterocycles. The number of carboxylic acid groups (broad SMARTS) is 1. The highest BCUT2D eigenvalue weighted by atomic mass is 19.3. The molecule has 0 aromatic heterocycles. The van der Waals surface area contributed by atoms with Crippen LogP contribution in [0.15, 0.2) is 0 Å². The molecule has 2 fully saturated rings. The maximum absolute atomic E-state index is 13.1. The minimum absolute atomic E-state index is 0.0799. The molecule has 0 amide bonds. The highest BCUT2D eigenvalue weighted by molar-refractivity contribution is 5.75. The lowest BCUT2D eigenvalue weighted by atomic mass is 9.78. The zero-order valence-corrected chi connectivity index (χ0v) is 11.3. The topological polar surface area (TPSA) is 40.5 Å². The predicted octanol–water partition coefficient (Wildman–Crippen LogP) is 3.14. The third kappa shape index (κ3) is 3.07. The Hall–Kier alpha value is -0.710. The summed E-state index contributed by atoms with van der Waals surface area (Å²) in [5, 5.41) is 9.10. The maximum Gasteiger partial charge on any atom is 0.315 e. The van der Waals surface area contributed by atoms with Crippen molar-refractivity contribution in [2.24, 2.45) is 5.41 Å². The normalized spacial score (nSPS) is 26.3. The molecule has 3 nitrogen and oxygen atoms in total. The zero-order valence-electron chi connectivity index (χ0n) is 11.3. The summed E-state index contributed by atoms with van der Waals surface area (Å²) in [7, 11) is 0. The first kappa shape index (κ1) is 14.7. The van der Waals surface area contributed by atoms with Crippen LogP contribution in [0, 0.1) is 5.41 Å². The lowest BCUT2D eigenvalue weighted by Gasteiger charge is -2.41. The van der Waals surface area contributed by atoms with Gasteiger partial charge in [0.25, 0.3) is 6.43 Å². The number of alkyl halides is 2. The van der Waals surface area contributed by atoms with Gasteiger partial charge >= 0.3 is 5.97 Å². The molecule has 0 aromatic carbocycles. The van der Waals surface area contributed by atoms with Gasteiger partial charge in [-0.1, -0.05) is 25.7 Å². The molecule has 1 N–H and O–H groups in total. The molecule has 1 aliphatic heterocycles. The van der Waals surface area contributed by atoms with E-state index in [0.29, 0.717) is 19.1 Å². The van der Waals surface area contributed by atoms with Gasteiger partial charge in [0, 0.05) is 6.04 Å². The van der Waals surface area contributed by atoms with Crippen molar-refractivity contribution in [3.63, 3.8) is 0 Å². The van der Waals surface area contributed by atoms with Gasteiger partial charge in [-0.25, -0.2) is 8.78 Å². The summed E-state index contributed by atoms with van der Waals surface area (Å²) >= 11 is 0. The molecule has 0 spiro atoms. The third-order valence-electron chi connectivity index (χ3n) is 4.87. The fraction of sp³-hybridized carbons (Fsp3) is 0.929. The van der Waals surface area contributed by atoms with Crippen LogP contribution in [0.3, 0.4) is 0 Å². The molecular weight excluding hydrogens is 252 g/mol. The quantitative estimate of drug-likeness (QED) is 0.804. The van der Waals surface area contributed by atoms with E-state index in [1.165, 1.54) is 25.7 Å². The molecule has 5 heteroatoms. The number of rotatable bonds is 3. The average Bonchev–Trinajstić information content (AvgIpc) is 2.67. The molecule has 0 aromatic rings. The predicted molar refractivity (Wildman–Crippen MR) is 68.4 cm³/mol. The zero-order chi connectivity index (χ0) is 13.9. The summed E-state index contributed by atoms with van der Waals surface area (Å²) in [6.45, 7) is 1.00. The fourth-order valence-electron chi connectivity index (χ4n) is 3.44. The second-order valence-electron chi connectivity index (χ2n) is 5.94. The van der Waals surface area contributed by atoms with Crippen molar-refractivity contribution in [3.05, 3.63) is 0 Å². The minimum atomic E-state index is -2.76. The highest BCUT2D eigenvalue weighted by Gasteiger charge is 2.49. The lowest BCUT2D eigenvalue weighted by molar-refractivity contribution is -0.165. The van der Waals surface area contributed by atoms with Gasteiger partial charge in [0.1, 0.15) is 5.41 Å². The highest BCUT2D eigenvalue weighted by Crippen LogP contribution is 2.39. The Morgan fingerprint density at radius 1 is 1.11 bits per heavy atom. The van der Waals surface area contributed by atoms with Crippen LogP contribution >= 0.6 is 0 Å². The second kappa shape index (κ2) is 6.16. The molecule has 1 saturated carbocycles. The standard InChI is InChI=1S/C14H23F2NO2/c15-12(16)14(13(18)19)7-9-17(10-8-14)11-5-3-1-2-4-6-11/h11-12H,1-10H2,(H,18,19). The summed E-state index contributed by atoms with van der Waals surface area (Å²) < 4.78 is 26.1. The Kier molecular flexibility index (Phi) is 4.76. The molecule has 2 aliphatic rings. The molecule has 0 atom stereocenters. The number of hydrogen-bond donors (Lipinski definition) is 1. The van der Waals surface area contributed by atoms with Gasteiger partial charge < -0.3 is 10.0 Å². The second-order valence-corrected chi connectivity index (χ2v) is 5.94. The SMILES string of the molecule is O=C(O)C1(C(F)F)CCN(C2CCCCCC2)CC1. The monoisotopic (exact) mass is 275 g/mol. The first-order valence-corrected chi connectivity index (χ1v) is 7.32. The van der Waals surface area contributed by atoms with E-state index >= 15 is 0 Å². The molecule has 19 heavy (non-hydrogen) atoms. The third-order valence-corrected chi connectivity index (χ3v) is 4.87. The number of halogens is 2. The number of carbonyl (C=O) groups is 1. The van der Waals surface area contributed by atoms with Gasteiger partial charge in [0.15, 0.2) is 0 Å². The van der Waals surface area contributed by atoms with Gasteiger partial charge in [0.05, 0.1) is 0 Å². The summed E-state index contributed by atoms with van der Waals surface area (Å²) in [5.41, 5.74) is -1.80. The van der Waals surface area contributed by atoms with Gasteiger partial charge in [-0.3, -0.25) is 4.79 Å². The van der Waals surface area contributed by atoms with E-state index in [4.69, 9.17) is 5.11 Å². The van der Waals surface area contributed by atoms with E-state index in [1.54, 1.807) is 0 Å². The first-order valence-electron chi connectivity index (χ1n) is 7.32. The average molecular weight is 275 g/mol. The van der Waals surface area contributed by atoms with Crippen LogP contribution in [-0.2, 0) is 4.79 Å². The summed E-state index contributed by atoms with van der Waals surface area (Å²) in [5.74, 6) is -1.33. The van der Waals surface area contributed by atoms with Crippen LogP contribution < -0.4 is 0 Å². The minimum Gasteiger partial charge on any atom is -0.481 e. The molecular formula is C14H23F2NO2. The first-order chi connectivity index (χ1) is 9.06. The van der Waals surface area contributed by atoms with Gasteiger partial charge in [-0.05, 0) is 38.8 Å².